The molecule has 1 heterocycles. The van der Waals surface area contributed by atoms with Crippen molar-refractivity contribution in [2.75, 3.05) is 14.2 Å². The van der Waals surface area contributed by atoms with Crippen LogP contribution in [0.4, 0.5) is 0 Å². The number of nitrogens with zero attached hydrogens (tertiary/aromatic N) is 1. The minimum Gasteiger partial charge on any atom is -0.354 e. The molecule has 86 valence electrons. The Morgan fingerprint density at radius 1 is 1.25 bits per heavy atom. The fourth-order valence-corrected chi connectivity index (χ4v) is 1.98. The molecule has 2 aromatic rings. The van der Waals surface area contributed by atoms with Crippen LogP contribution in [0, 0.1) is 0 Å². The molecular weight excluding hydrogens is 226 g/mol. The predicted octanol–water partition coefficient (Wildman–Crippen LogP) is 2.91. The molecule has 0 N–H and O–H groups in total. The average Bonchev–Trinajstić information content (AvgIpc) is 2.71. The molecule has 0 atom stereocenters. The molecule has 0 fully saturated rings. The highest BCUT2D eigenvalue weighted by Gasteiger charge is 2.09. The van der Waals surface area contributed by atoms with Crippen LogP contribution in [0.15, 0.2) is 30.5 Å². The van der Waals surface area contributed by atoms with Crippen LogP contribution in [-0.4, -0.2) is 25.1 Å². The number of methoxy groups -OCH3 is 2. The van der Waals surface area contributed by atoms with Gasteiger partial charge in [-0.3, -0.25) is 0 Å². The van der Waals surface area contributed by atoms with Crippen LogP contribution in [0.25, 0.3) is 10.9 Å². The predicted molar refractivity (Wildman–Crippen MR) is 64.8 cm³/mol. The first-order valence-electron chi connectivity index (χ1n) is 5.05. The Morgan fingerprint density at radius 3 is 2.69 bits per heavy atom. The Kier molecular flexibility index (Phi) is 3.49. The van der Waals surface area contributed by atoms with Gasteiger partial charge in [0.1, 0.15) is 0 Å². The van der Waals surface area contributed by atoms with Crippen molar-refractivity contribution < 1.29 is 9.47 Å². The molecule has 4 heteroatoms. The largest absolute Gasteiger partial charge is 0.354 e. The summed E-state index contributed by atoms with van der Waals surface area (Å²) >= 11 is 6.10. The standard InChI is InChI=1S/C12H14ClNO2/c1-15-12(16-2)8-14-7-6-9-10(13)4-3-5-11(9)14/h3-7,12H,8H2,1-2H3. The molecule has 2 rings (SSSR count). The van der Waals surface area contributed by atoms with Crippen LogP contribution in [0.1, 0.15) is 0 Å². The molecule has 0 saturated heterocycles. The number of ether oxygens (including phenoxy) is 2. The van der Waals surface area contributed by atoms with Crippen molar-refractivity contribution in [1.29, 1.82) is 0 Å². The first-order chi connectivity index (χ1) is 7.76. The monoisotopic (exact) mass is 239 g/mol. The molecule has 0 amide bonds. The van der Waals surface area contributed by atoms with Gasteiger partial charge in [0.2, 0.25) is 0 Å². The topological polar surface area (TPSA) is 23.4 Å². The number of rotatable bonds is 4. The van der Waals surface area contributed by atoms with Gasteiger partial charge >= 0.3 is 0 Å². The van der Waals surface area contributed by atoms with E-state index in [9.17, 15) is 0 Å². The summed E-state index contributed by atoms with van der Waals surface area (Å²) in [6.45, 7) is 0.650. The van der Waals surface area contributed by atoms with Crippen molar-refractivity contribution in [3.8, 4) is 0 Å². The van der Waals surface area contributed by atoms with E-state index < -0.39 is 0 Å². The molecule has 0 radical (unpaired) electrons. The number of aromatic nitrogens is 1. The van der Waals surface area contributed by atoms with Crippen molar-refractivity contribution in [3.63, 3.8) is 0 Å². The molecule has 16 heavy (non-hydrogen) atoms. The van der Waals surface area contributed by atoms with E-state index in [0.29, 0.717) is 6.54 Å². The van der Waals surface area contributed by atoms with Crippen LogP contribution < -0.4 is 0 Å². The second-order valence-electron chi connectivity index (χ2n) is 3.54. The van der Waals surface area contributed by atoms with Gasteiger partial charge in [-0.25, -0.2) is 0 Å². The van der Waals surface area contributed by atoms with E-state index in [1.165, 1.54) is 0 Å². The zero-order chi connectivity index (χ0) is 11.5. The first kappa shape index (κ1) is 11.5. The molecule has 1 aromatic heterocycles. The zero-order valence-corrected chi connectivity index (χ0v) is 10.1. The molecule has 3 nitrogen and oxygen atoms in total. The maximum atomic E-state index is 6.10. The molecule has 0 saturated carbocycles. The third kappa shape index (κ3) is 2.07. The maximum Gasteiger partial charge on any atom is 0.174 e. The number of hydrogen-bond donors (Lipinski definition) is 0. The zero-order valence-electron chi connectivity index (χ0n) is 9.31. The van der Waals surface area contributed by atoms with Gasteiger partial charge < -0.3 is 14.0 Å². The molecule has 0 aliphatic carbocycles. The minimum absolute atomic E-state index is 0.241. The van der Waals surface area contributed by atoms with Gasteiger partial charge in [0, 0.05) is 36.3 Å². The van der Waals surface area contributed by atoms with Gasteiger partial charge in [0.15, 0.2) is 6.29 Å². The number of fused-ring (bicyclic) bond motifs is 1. The molecule has 0 aliphatic heterocycles. The summed E-state index contributed by atoms with van der Waals surface area (Å²) in [4.78, 5) is 0. The van der Waals surface area contributed by atoms with Gasteiger partial charge in [-0.2, -0.15) is 0 Å². The smallest absolute Gasteiger partial charge is 0.174 e. The Balaban J connectivity index is 2.35. The van der Waals surface area contributed by atoms with E-state index in [1.54, 1.807) is 14.2 Å². The highest BCUT2D eigenvalue weighted by atomic mass is 35.5. The minimum atomic E-state index is -0.241. The van der Waals surface area contributed by atoms with Crippen molar-refractivity contribution in [1.82, 2.24) is 4.57 Å². The highest BCUT2D eigenvalue weighted by molar-refractivity contribution is 6.35. The second kappa shape index (κ2) is 4.87. The van der Waals surface area contributed by atoms with Crippen LogP contribution in [0.5, 0.6) is 0 Å². The van der Waals surface area contributed by atoms with Gasteiger partial charge in [0.25, 0.3) is 0 Å². The Labute approximate surface area is 99.5 Å². The number of benzene rings is 1. The summed E-state index contributed by atoms with van der Waals surface area (Å²) in [7, 11) is 3.26. The lowest BCUT2D eigenvalue weighted by Gasteiger charge is -2.14. The first-order valence-corrected chi connectivity index (χ1v) is 5.43. The van der Waals surface area contributed by atoms with Crippen LogP contribution in [-0.2, 0) is 16.0 Å². The van der Waals surface area contributed by atoms with Crippen LogP contribution in [0.2, 0.25) is 5.02 Å². The van der Waals surface area contributed by atoms with E-state index in [4.69, 9.17) is 21.1 Å². The normalized spacial score (nSPS) is 11.5. The van der Waals surface area contributed by atoms with E-state index in [0.717, 1.165) is 15.9 Å². The fourth-order valence-electron chi connectivity index (χ4n) is 1.75. The second-order valence-corrected chi connectivity index (χ2v) is 3.95. The van der Waals surface area contributed by atoms with Gasteiger partial charge in [-0.15, -0.1) is 0 Å². The van der Waals surface area contributed by atoms with Gasteiger partial charge in [-0.1, -0.05) is 17.7 Å². The van der Waals surface area contributed by atoms with E-state index in [1.807, 2.05) is 30.5 Å². The molecule has 0 spiro atoms. The summed E-state index contributed by atoms with van der Waals surface area (Å²) in [6.07, 6.45) is 1.75. The quantitative estimate of drug-likeness (QED) is 0.766. The van der Waals surface area contributed by atoms with Gasteiger partial charge in [-0.05, 0) is 18.2 Å². The molecular formula is C12H14ClNO2. The summed E-state index contributed by atoms with van der Waals surface area (Å²) < 4.78 is 12.4. The highest BCUT2D eigenvalue weighted by Crippen LogP contribution is 2.24. The van der Waals surface area contributed by atoms with Crippen LogP contribution in [0.3, 0.4) is 0 Å². The summed E-state index contributed by atoms with van der Waals surface area (Å²) in [6, 6.07) is 7.86. The van der Waals surface area contributed by atoms with Crippen molar-refractivity contribution in [2.24, 2.45) is 0 Å². The third-order valence-corrected chi connectivity index (χ3v) is 2.96. The number of halogens is 1. The Morgan fingerprint density at radius 2 is 2.00 bits per heavy atom. The van der Waals surface area contributed by atoms with Crippen molar-refractivity contribution in [3.05, 3.63) is 35.5 Å². The summed E-state index contributed by atoms with van der Waals surface area (Å²) in [5.74, 6) is 0. The van der Waals surface area contributed by atoms with E-state index in [2.05, 4.69) is 4.57 Å². The Bertz CT molecular complexity index is 477. The van der Waals surface area contributed by atoms with Crippen LogP contribution >= 0.6 is 11.6 Å². The molecule has 0 bridgehead atoms. The Hall–Kier alpha value is -1.03. The molecule has 0 aliphatic rings. The van der Waals surface area contributed by atoms with Crippen molar-refractivity contribution >= 4 is 22.5 Å². The summed E-state index contributed by atoms with van der Waals surface area (Å²) in [5.41, 5.74) is 1.09. The molecule has 0 unspecified atom stereocenters. The number of hydrogen-bond acceptors (Lipinski definition) is 2. The van der Waals surface area contributed by atoms with Gasteiger partial charge in [0.05, 0.1) is 6.54 Å². The summed E-state index contributed by atoms with van der Waals surface area (Å²) in [5, 5.41) is 1.82. The van der Waals surface area contributed by atoms with E-state index in [-0.39, 0.29) is 6.29 Å². The molecule has 1 aromatic carbocycles. The van der Waals surface area contributed by atoms with E-state index >= 15 is 0 Å². The lowest BCUT2D eigenvalue weighted by atomic mass is 10.2. The lowest BCUT2D eigenvalue weighted by Crippen LogP contribution is -2.19. The third-order valence-electron chi connectivity index (χ3n) is 2.63. The average molecular weight is 240 g/mol. The SMILES string of the molecule is COC(Cn1ccc2c(Cl)cccc21)OC. The lowest BCUT2D eigenvalue weighted by molar-refractivity contribution is -0.110. The fraction of sp³-hybridized carbons (Fsp3) is 0.333. The maximum absolute atomic E-state index is 6.10. The van der Waals surface area contributed by atoms with Crippen molar-refractivity contribution in [2.45, 2.75) is 12.8 Å².